The van der Waals surface area contributed by atoms with Crippen molar-refractivity contribution in [1.29, 1.82) is 0 Å². The Kier molecular flexibility index (Phi) is 6.33. The Morgan fingerprint density at radius 1 is 1.07 bits per heavy atom. The number of carbonyl (C=O) groups excluding carboxylic acids is 3. The molecule has 0 radical (unpaired) electrons. The minimum Gasteiger partial charge on any atom is -0.489 e. The molecule has 2 saturated carbocycles. The van der Waals surface area contributed by atoms with Gasteiger partial charge in [-0.25, -0.2) is 0 Å². The first-order valence-corrected chi connectivity index (χ1v) is 14.8. The van der Waals surface area contributed by atoms with E-state index in [2.05, 4.69) is 16.2 Å². The molecular weight excluding hydrogens is 512 g/mol. The van der Waals surface area contributed by atoms with Gasteiger partial charge in [-0.3, -0.25) is 19.1 Å². The lowest BCUT2D eigenvalue weighted by atomic mass is 9.90. The van der Waals surface area contributed by atoms with Crippen LogP contribution in [0.5, 0.6) is 5.75 Å². The van der Waals surface area contributed by atoms with Crippen molar-refractivity contribution in [3.63, 3.8) is 0 Å². The van der Waals surface area contributed by atoms with E-state index in [0.29, 0.717) is 6.04 Å². The molecule has 10 heteroatoms. The van der Waals surface area contributed by atoms with E-state index < -0.39 is 23.6 Å². The van der Waals surface area contributed by atoms with Crippen molar-refractivity contribution in [1.82, 2.24) is 15.1 Å². The summed E-state index contributed by atoms with van der Waals surface area (Å²) in [6.07, 6.45) is 10.3. The highest BCUT2D eigenvalue weighted by atomic mass is 16.6. The third-order valence-corrected chi connectivity index (χ3v) is 9.21. The Morgan fingerprint density at radius 2 is 1.88 bits per heavy atom. The summed E-state index contributed by atoms with van der Waals surface area (Å²) in [7, 11) is 0. The fourth-order valence-corrected chi connectivity index (χ4v) is 6.49. The van der Waals surface area contributed by atoms with Crippen molar-refractivity contribution in [3.05, 3.63) is 30.1 Å². The minimum atomic E-state index is -1.44. The van der Waals surface area contributed by atoms with Gasteiger partial charge in [0.15, 0.2) is 6.10 Å². The molecule has 1 aromatic heterocycles. The molecule has 40 heavy (non-hydrogen) atoms. The lowest BCUT2D eigenvalue weighted by Crippen LogP contribution is -2.51. The first-order valence-electron chi connectivity index (χ1n) is 14.8. The van der Waals surface area contributed by atoms with Crippen LogP contribution in [0.4, 0.5) is 5.69 Å². The number of hydrogen-bond donors (Lipinski definition) is 1. The van der Waals surface area contributed by atoms with Gasteiger partial charge in [0.25, 0.3) is 5.91 Å². The second-order valence-corrected chi connectivity index (χ2v) is 11.9. The molecule has 1 amide bonds. The average Bonchev–Trinajstić information content (AvgIpc) is 3.36. The maximum absolute atomic E-state index is 14.1. The molecule has 212 valence electrons. The molecule has 7 rings (SSSR count). The molecule has 2 saturated heterocycles. The largest absolute Gasteiger partial charge is 0.489 e. The van der Waals surface area contributed by atoms with E-state index >= 15 is 0 Å². The van der Waals surface area contributed by atoms with Gasteiger partial charge >= 0.3 is 11.9 Å². The molecule has 10 nitrogen and oxygen atoms in total. The third kappa shape index (κ3) is 4.36. The zero-order chi connectivity index (χ0) is 27.4. The van der Waals surface area contributed by atoms with Gasteiger partial charge in [-0.1, -0.05) is 0 Å². The molecule has 3 aliphatic heterocycles. The lowest BCUT2D eigenvalue weighted by Gasteiger charge is -2.39. The van der Waals surface area contributed by atoms with E-state index in [4.69, 9.17) is 19.3 Å². The van der Waals surface area contributed by atoms with Crippen molar-refractivity contribution in [2.24, 2.45) is 0 Å². The van der Waals surface area contributed by atoms with Gasteiger partial charge < -0.3 is 24.4 Å². The molecule has 1 aromatic carbocycles. The summed E-state index contributed by atoms with van der Waals surface area (Å²) in [5, 5.41) is 8.13. The van der Waals surface area contributed by atoms with E-state index in [1.807, 2.05) is 25.3 Å². The topological polar surface area (TPSA) is 112 Å². The molecule has 2 aromatic rings. The second-order valence-electron chi connectivity index (χ2n) is 11.9. The van der Waals surface area contributed by atoms with Crippen molar-refractivity contribution in [2.75, 3.05) is 18.0 Å². The number of nitrogens with zero attached hydrogens (tertiary/aromatic N) is 3. The van der Waals surface area contributed by atoms with Gasteiger partial charge in [-0.15, -0.1) is 0 Å². The van der Waals surface area contributed by atoms with Crippen LogP contribution in [0.15, 0.2) is 24.5 Å². The standard InChI is InChI=1S/C30H36N4O6/c1-18-5-6-23-24(34(18)29(37)30-15-25(30)39-26(35)9-10-27(36)40-30)8-7-22(28(23)38-21-3-2-4-21)19-16-32-33(17-19)20-11-13-31-14-12-20/h7-8,16-18,20-21,25,31H,2-6,9-15H2,1H3/t18-,25?,30?/m0/s1. The number of nitrogens with one attached hydrogen (secondary N) is 1. The summed E-state index contributed by atoms with van der Waals surface area (Å²) in [4.78, 5) is 40.4. The Labute approximate surface area is 233 Å². The number of carbonyl (C=O) groups is 3. The van der Waals surface area contributed by atoms with Crippen molar-refractivity contribution in [2.45, 2.75) is 101 Å². The quantitative estimate of drug-likeness (QED) is 0.566. The molecule has 0 spiro atoms. The number of hydrogen-bond acceptors (Lipinski definition) is 8. The number of benzene rings is 1. The number of amides is 1. The molecule has 4 heterocycles. The molecule has 1 N–H and O–H groups in total. The number of esters is 2. The second kappa shape index (κ2) is 9.90. The molecule has 2 aliphatic carbocycles. The van der Waals surface area contributed by atoms with Crippen molar-refractivity contribution in [3.8, 4) is 16.9 Å². The molecular formula is C30H36N4O6. The van der Waals surface area contributed by atoms with Gasteiger partial charge in [0.05, 0.1) is 36.9 Å². The Bertz CT molecular complexity index is 1350. The van der Waals surface area contributed by atoms with E-state index in [1.54, 1.807) is 4.90 Å². The van der Waals surface area contributed by atoms with Crippen LogP contribution in [0.1, 0.15) is 76.3 Å². The van der Waals surface area contributed by atoms with Crippen LogP contribution < -0.4 is 15.0 Å². The molecule has 5 aliphatic rings. The third-order valence-electron chi connectivity index (χ3n) is 9.21. The predicted octanol–water partition coefficient (Wildman–Crippen LogP) is 3.46. The van der Waals surface area contributed by atoms with Gasteiger partial charge in [-0.05, 0) is 77.1 Å². The summed E-state index contributed by atoms with van der Waals surface area (Å²) in [6, 6.07) is 4.28. The lowest BCUT2D eigenvalue weighted by molar-refractivity contribution is -0.169. The number of piperidine rings is 1. The fraction of sp³-hybridized carbons (Fsp3) is 0.600. The highest BCUT2D eigenvalue weighted by Gasteiger charge is 2.69. The number of anilines is 1. The number of fused-ring (bicyclic) bond motifs is 2. The minimum absolute atomic E-state index is 0.0264. The Hall–Kier alpha value is -3.40. The smallest absolute Gasteiger partial charge is 0.307 e. The maximum Gasteiger partial charge on any atom is 0.307 e. The van der Waals surface area contributed by atoms with Gasteiger partial charge in [0.1, 0.15) is 5.75 Å². The maximum atomic E-state index is 14.1. The first kappa shape index (κ1) is 25.6. The van der Waals surface area contributed by atoms with E-state index in [1.165, 1.54) is 0 Å². The zero-order valence-corrected chi connectivity index (χ0v) is 22.9. The first-order chi connectivity index (χ1) is 19.4. The molecule has 0 bridgehead atoms. The highest BCUT2D eigenvalue weighted by Crippen LogP contribution is 2.50. The average molecular weight is 549 g/mol. The normalized spacial score (nSPS) is 28.8. The van der Waals surface area contributed by atoms with Gasteiger partial charge in [-0.2, -0.15) is 5.10 Å². The molecule has 2 unspecified atom stereocenters. The highest BCUT2D eigenvalue weighted by molar-refractivity contribution is 6.06. The molecule has 3 atom stereocenters. The van der Waals surface area contributed by atoms with Crippen LogP contribution in [0.2, 0.25) is 0 Å². The van der Waals surface area contributed by atoms with Crippen molar-refractivity contribution >= 4 is 23.5 Å². The van der Waals surface area contributed by atoms with E-state index in [0.717, 1.165) is 86.2 Å². The van der Waals surface area contributed by atoms with E-state index in [-0.39, 0.29) is 37.3 Å². The summed E-state index contributed by atoms with van der Waals surface area (Å²) >= 11 is 0. The number of rotatable bonds is 5. The van der Waals surface area contributed by atoms with Crippen LogP contribution in [-0.2, 0) is 30.3 Å². The summed E-state index contributed by atoms with van der Waals surface area (Å²) in [5.41, 5.74) is 2.32. The van der Waals surface area contributed by atoms with Gasteiger partial charge in [0, 0.05) is 35.3 Å². The number of ether oxygens (including phenoxy) is 3. The van der Waals surface area contributed by atoms with Crippen LogP contribution in [0, 0.1) is 0 Å². The Morgan fingerprint density at radius 3 is 2.65 bits per heavy atom. The molecule has 4 fully saturated rings. The van der Waals surface area contributed by atoms with E-state index in [9.17, 15) is 14.4 Å². The SMILES string of the molecule is C[C@H]1CCc2c(ccc(-c3cnn(C4CCNCC4)c3)c2OC2CCC2)N1C(=O)C12CC1OC(=O)CCC(=O)O2. The van der Waals surface area contributed by atoms with Crippen molar-refractivity contribution < 1.29 is 28.6 Å². The van der Waals surface area contributed by atoms with Gasteiger partial charge in [0.2, 0.25) is 5.60 Å². The summed E-state index contributed by atoms with van der Waals surface area (Å²) in [6.45, 7) is 4.00. The summed E-state index contributed by atoms with van der Waals surface area (Å²) < 4.78 is 19.9. The summed E-state index contributed by atoms with van der Waals surface area (Å²) in [5.74, 6) is -0.500. The zero-order valence-electron chi connectivity index (χ0n) is 22.9. The van der Waals surface area contributed by atoms with Crippen LogP contribution >= 0.6 is 0 Å². The number of aromatic nitrogens is 2. The van der Waals surface area contributed by atoms with Crippen LogP contribution in [-0.4, -0.2) is 64.6 Å². The van der Waals surface area contributed by atoms with Crippen LogP contribution in [0.3, 0.4) is 0 Å². The predicted molar refractivity (Wildman–Crippen MR) is 145 cm³/mol. The monoisotopic (exact) mass is 548 g/mol. The Balaban J connectivity index is 1.25. The fourth-order valence-electron chi connectivity index (χ4n) is 6.49. The van der Waals surface area contributed by atoms with Crippen LogP contribution in [0.25, 0.3) is 11.1 Å².